The molecule has 1 aliphatic heterocycles. The van der Waals surface area contributed by atoms with Crippen LogP contribution in [0.1, 0.15) is 25.7 Å². The summed E-state index contributed by atoms with van der Waals surface area (Å²) in [6, 6.07) is 0. The number of carbonyl (C=O) groups excluding carboxylic acids is 1. The van der Waals surface area contributed by atoms with Crippen molar-refractivity contribution >= 4 is 34.3 Å². The molecule has 0 bridgehead atoms. The second kappa shape index (κ2) is 7.89. The highest BCUT2D eigenvalue weighted by Crippen LogP contribution is 2.20. The zero-order valence-electron chi connectivity index (χ0n) is 10.3. The van der Waals surface area contributed by atoms with Crippen molar-refractivity contribution in [2.24, 2.45) is 0 Å². The smallest absolute Gasteiger partial charge is 0.305 e. The van der Waals surface area contributed by atoms with Gasteiger partial charge in [0.2, 0.25) is 0 Å². The zero-order valence-corrected chi connectivity index (χ0v) is 11.9. The topological polar surface area (TPSA) is 38.8 Å². The molecule has 17 heavy (non-hydrogen) atoms. The summed E-state index contributed by atoms with van der Waals surface area (Å²) in [5.74, 6) is 0.675. The predicted molar refractivity (Wildman–Crippen MR) is 73.0 cm³/mol. The molecule has 1 unspecified atom stereocenters. The Kier molecular flexibility index (Phi) is 6.84. The number of hydrogen-bond acceptors (Lipinski definition) is 5. The number of methoxy groups -OCH3 is 1. The van der Waals surface area contributed by atoms with Gasteiger partial charge in [0.1, 0.15) is 10.5 Å². The third-order valence-electron chi connectivity index (χ3n) is 2.60. The number of thioether (sulfide) groups is 1. The Morgan fingerprint density at radius 2 is 2.41 bits per heavy atom. The third-order valence-corrected chi connectivity index (χ3v) is 4.27. The largest absolute Gasteiger partial charge is 0.469 e. The molecule has 1 aliphatic rings. The molecule has 1 rings (SSSR count). The van der Waals surface area contributed by atoms with Gasteiger partial charge >= 0.3 is 5.97 Å². The van der Waals surface area contributed by atoms with Crippen LogP contribution < -0.4 is 0 Å². The van der Waals surface area contributed by atoms with Crippen molar-refractivity contribution in [1.82, 2.24) is 4.90 Å². The molecule has 0 aromatic carbocycles. The van der Waals surface area contributed by atoms with Gasteiger partial charge in [0.15, 0.2) is 0 Å². The van der Waals surface area contributed by atoms with E-state index in [1.807, 2.05) is 11.9 Å². The van der Waals surface area contributed by atoms with E-state index in [2.05, 4.69) is 4.74 Å². The van der Waals surface area contributed by atoms with Gasteiger partial charge in [0.05, 0.1) is 7.11 Å². The van der Waals surface area contributed by atoms with Crippen LogP contribution in [0.3, 0.4) is 0 Å². The molecule has 0 radical (unpaired) electrons. The molecule has 0 aromatic rings. The molecule has 1 saturated heterocycles. The van der Waals surface area contributed by atoms with Gasteiger partial charge in [-0.25, -0.2) is 0 Å². The summed E-state index contributed by atoms with van der Waals surface area (Å²) in [6.07, 6.45) is 3.52. The Labute approximate surface area is 112 Å². The quantitative estimate of drug-likeness (QED) is 0.435. The highest BCUT2D eigenvalue weighted by Gasteiger charge is 2.22. The van der Waals surface area contributed by atoms with Crippen molar-refractivity contribution in [3.63, 3.8) is 0 Å². The lowest BCUT2D eigenvalue weighted by atomic mass is 10.3. The fourth-order valence-corrected chi connectivity index (χ4v) is 2.72. The number of thiocarbonyl (C=S) groups is 1. The van der Waals surface area contributed by atoms with Crippen LogP contribution in [0.4, 0.5) is 0 Å². The number of nitrogens with zero attached hydrogens (tertiary/aromatic N) is 1. The van der Waals surface area contributed by atoms with Gasteiger partial charge in [0.25, 0.3) is 0 Å². The maximum atomic E-state index is 10.9. The van der Waals surface area contributed by atoms with Crippen LogP contribution in [-0.4, -0.2) is 47.9 Å². The van der Waals surface area contributed by atoms with Crippen LogP contribution in [0.2, 0.25) is 0 Å². The number of carbonyl (C=O) groups is 1. The van der Waals surface area contributed by atoms with Crippen molar-refractivity contribution in [3.8, 4) is 0 Å². The molecule has 0 amide bonds. The molecule has 6 heteroatoms. The first-order valence-electron chi connectivity index (χ1n) is 5.73. The molecule has 1 fully saturated rings. The molecule has 0 spiro atoms. The standard InChI is InChI=1S/C11H19NO3S2/c1-12(9-5-3-7-15-9)11(16)17-8-4-6-10(13)14-2/h9H,3-8H2,1-2H3. The van der Waals surface area contributed by atoms with E-state index >= 15 is 0 Å². The normalized spacial score (nSPS) is 19.1. The Morgan fingerprint density at radius 1 is 1.65 bits per heavy atom. The van der Waals surface area contributed by atoms with Gasteiger partial charge in [-0.3, -0.25) is 4.79 Å². The molecular formula is C11H19NO3S2. The Morgan fingerprint density at radius 3 is 3.00 bits per heavy atom. The SMILES string of the molecule is COC(=O)CCCSC(=S)N(C)C1CCCO1. The summed E-state index contributed by atoms with van der Waals surface area (Å²) >= 11 is 6.91. The minimum absolute atomic E-state index is 0.135. The van der Waals surface area contributed by atoms with E-state index in [1.54, 1.807) is 11.8 Å². The van der Waals surface area contributed by atoms with Crippen molar-refractivity contribution in [2.45, 2.75) is 31.9 Å². The molecule has 98 valence electrons. The van der Waals surface area contributed by atoms with Gasteiger partial charge in [-0.1, -0.05) is 24.0 Å². The third kappa shape index (κ3) is 5.23. The van der Waals surface area contributed by atoms with Gasteiger partial charge in [-0.05, 0) is 19.3 Å². The number of esters is 1. The van der Waals surface area contributed by atoms with Gasteiger partial charge in [-0.15, -0.1) is 0 Å². The summed E-state index contributed by atoms with van der Waals surface area (Å²) in [5, 5.41) is 0. The summed E-state index contributed by atoms with van der Waals surface area (Å²) in [5.41, 5.74) is 0. The molecule has 0 aliphatic carbocycles. The Bertz CT molecular complexity index is 267. The second-order valence-corrected chi connectivity index (χ2v) is 5.60. The van der Waals surface area contributed by atoms with Crippen molar-refractivity contribution in [3.05, 3.63) is 0 Å². The second-order valence-electron chi connectivity index (χ2n) is 3.87. The van der Waals surface area contributed by atoms with E-state index in [-0.39, 0.29) is 12.2 Å². The highest BCUT2D eigenvalue weighted by atomic mass is 32.2. The van der Waals surface area contributed by atoms with Crippen LogP contribution in [0.5, 0.6) is 0 Å². The lowest BCUT2D eigenvalue weighted by Gasteiger charge is -2.25. The van der Waals surface area contributed by atoms with E-state index in [0.29, 0.717) is 6.42 Å². The Balaban J connectivity index is 2.13. The first-order chi connectivity index (χ1) is 8.15. The molecule has 4 nitrogen and oxygen atoms in total. The number of rotatable bonds is 5. The maximum Gasteiger partial charge on any atom is 0.305 e. The average molecular weight is 277 g/mol. The average Bonchev–Trinajstić information content (AvgIpc) is 2.86. The first kappa shape index (κ1) is 14.7. The van der Waals surface area contributed by atoms with Crippen LogP contribution in [0.15, 0.2) is 0 Å². The van der Waals surface area contributed by atoms with E-state index in [4.69, 9.17) is 17.0 Å². The predicted octanol–water partition coefficient (Wildman–Crippen LogP) is 2.03. The monoisotopic (exact) mass is 277 g/mol. The van der Waals surface area contributed by atoms with Gasteiger partial charge in [-0.2, -0.15) is 0 Å². The Hall–Kier alpha value is -0.330. The number of ether oxygens (including phenoxy) is 2. The molecule has 1 heterocycles. The maximum absolute atomic E-state index is 10.9. The highest BCUT2D eigenvalue weighted by molar-refractivity contribution is 8.22. The molecule has 1 atom stereocenters. The van der Waals surface area contributed by atoms with Crippen LogP contribution in [-0.2, 0) is 14.3 Å². The van der Waals surface area contributed by atoms with Gasteiger partial charge in [0, 0.05) is 25.8 Å². The van der Waals surface area contributed by atoms with Crippen LogP contribution >= 0.6 is 24.0 Å². The fraction of sp³-hybridized carbons (Fsp3) is 0.818. The summed E-state index contributed by atoms with van der Waals surface area (Å²) in [4.78, 5) is 12.9. The van der Waals surface area contributed by atoms with Crippen molar-refractivity contribution < 1.29 is 14.3 Å². The van der Waals surface area contributed by atoms with E-state index in [9.17, 15) is 4.79 Å². The lowest BCUT2D eigenvalue weighted by molar-refractivity contribution is -0.140. The van der Waals surface area contributed by atoms with Crippen molar-refractivity contribution in [2.75, 3.05) is 26.5 Å². The summed E-state index contributed by atoms with van der Waals surface area (Å²) in [7, 11) is 3.37. The van der Waals surface area contributed by atoms with Gasteiger partial charge < -0.3 is 14.4 Å². The minimum atomic E-state index is -0.163. The zero-order chi connectivity index (χ0) is 12.7. The van der Waals surface area contributed by atoms with E-state index in [1.165, 1.54) is 7.11 Å². The molecule has 0 N–H and O–H groups in total. The van der Waals surface area contributed by atoms with E-state index in [0.717, 1.165) is 35.9 Å². The first-order valence-corrected chi connectivity index (χ1v) is 7.12. The number of hydrogen-bond donors (Lipinski definition) is 0. The lowest BCUT2D eigenvalue weighted by Crippen LogP contribution is -2.33. The van der Waals surface area contributed by atoms with E-state index < -0.39 is 0 Å². The van der Waals surface area contributed by atoms with Crippen molar-refractivity contribution in [1.29, 1.82) is 0 Å². The summed E-state index contributed by atoms with van der Waals surface area (Å²) in [6.45, 7) is 0.824. The fourth-order valence-electron chi connectivity index (χ4n) is 1.56. The summed E-state index contributed by atoms with van der Waals surface area (Å²) < 4.78 is 11.0. The van der Waals surface area contributed by atoms with Crippen LogP contribution in [0, 0.1) is 0 Å². The molecule has 0 saturated carbocycles. The van der Waals surface area contributed by atoms with Crippen LogP contribution in [0.25, 0.3) is 0 Å². The minimum Gasteiger partial charge on any atom is -0.469 e. The molecule has 0 aromatic heterocycles. The molecular weight excluding hydrogens is 258 g/mol.